The lowest BCUT2D eigenvalue weighted by Gasteiger charge is -2.34. The van der Waals surface area contributed by atoms with Gasteiger partial charge >= 0.3 is 0 Å². The number of halogens is 2. The number of amides is 2. The number of hydrogen-bond donors (Lipinski definition) is 1. The van der Waals surface area contributed by atoms with Crippen molar-refractivity contribution in [1.82, 2.24) is 10.2 Å². The Hall–Kier alpha value is -3.24. The molecule has 0 aliphatic rings. The maximum absolute atomic E-state index is 14.7. The van der Waals surface area contributed by atoms with Crippen LogP contribution in [0.25, 0.3) is 0 Å². The van der Waals surface area contributed by atoms with E-state index in [1.54, 1.807) is 0 Å². The molecule has 0 unspecified atom stereocenters. The summed E-state index contributed by atoms with van der Waals surface area (Å²) in [6.07, 6.45) is 1.82. The number of para-hydroxylation sites is 1. The van der Waals surface area contributed by atoms with Crippen molar-refractivity contribution in [2.45, 2.75) is 45.3 Å². The first-order valence-corrected chi connectivity index (χ1v) is 15.2. The van der Waals surface area contributed by atoms with Gasteiger partial charge in [-0.1, -0.05) is 77.5 Å². The summed E-state index contributed by atoms with van der Waals surface area (Å²) in [5.41, 5.74) is 1.34. The maximum Gasteiger partial charge on any atom is 0.244 e. The molecule has 0 heterocycles. The Morgan fingerprint density at radius 3 is 2.23 bits per heavy atom. The van der Waals surface area contributed by atoms with E-state index in [1.807, 2.05) is 68.4 Å². The van der Waals surface area contributed by atoms with Crippen LogP contribution in [0.5, 0.6) is 0 Å². The van der Waals surface area contributed by atoms with Crippen LogP contribution in [0, 0.1) is 5.82 Å². The average Bonchev–Trinajstić information content (AvgIpc) is 2.89. The molecular formula is C29H33BrFN3O4S. The van der Waals surface area contributed by atoms with Gasteiger partial charge in [-0.3, -0.25) is 13.9 Å². The Morgan fingerprint density at radius 2 is 1.62 bits per heavy atom. The molecule has 0 aliphatic heterocycles. The Bertz CT molecular complexity index is 1390. The van der Waals surface area contributed by atoms with Crippen LogP contribution in [0.15, 0.2) is 83.3 Å². The molecule has 1 N–H and O–H groups in total. The lowest BCUT2D eigenvalue weighted by Crippen LogP contribution is -2.54. The van der Waals surface area contributed by atoms with Crippen molar-refractivity contribution in [2.24, 2.45) is 0 Å². The van der Waals surface area contributed by atoms with Gasteiger partial charge in [-0.25, -0.2) is 12.8 Å². The molecule has 0 aliphatic carbocycles. The van der Waals surface area contributed by atoms with E-state index in [2.05, 4.69) is 21.2 Å². The zero-order valence-electron chi connectivity index (χ0n) is 22.2. The molecule has 0 saturated heterocycles. The molecule has 3 aromatic carbocycles. The normalized spacial score (nSPS) is 12.8. The van der Waals surface area contributed by atoms with Gasteiger partial charge in [-0.05, 0) is 48.7 Å². The molecule has 0 aromatic heterocycles. The Kier molecular flexibility index (Phi) is 10.7. The molecule has 2 atom stereocenters. The fraction of sp³-hybridized carbons (Fsp3) is 0.310. The highest BCUT2D eigenvalue weighted by Crippen LogP contribution is 2.23. The lowest BCUT2D eigenvalue weighted by atomic mass is 10.0. The van der Waals surface area contributed by atoms with Crippen molar-refractivity contribution >= 4 is 43.5 Å². The van der Waals surface area contributed by atoms with Crippen LogP contribution in [0.3, 0.4) is 0 Å². The summed E-state index contributed by atoms with van der Waals surface area (Å²) >= 11 is 3.44. The fourth-order valence-electron chi connectivity index (χ4n) is 4.08. The summed E-state index contributed by atoms with van der Waals surface area (Å²) in [5, 5.41) is 2.97. The van der Waals surface area contributed by atoms with E-state index in [4.69, 9.17) is 0 Å². The number of benzene rings is 3. The van der Waals surface area contributed by atoms with Gasteiger partial charge < -0.3 is 10.2 Å². The summed E-state index contributed by atoms with van der Waals surface area (Å²) in [6.45, 7) is 3.19. The monoisotopic (exact) mass is 617 g/mol. The summed E-state index contributed by atoms with van der Waals surface area (Å²) < 4.78 is 41.7. The third-order valence-corrected chi connectivity index (χ3v) is 7.93. The highest BCUT2D eigenvalue weighted by molar-refractivity contribution is 9.10. The van der Waals surface area contributed by atoms with Crippen molar-refractivity contribution in [3.63, 3.8) is 0 Å². The second-order valence-electron chi connectivity index (χ2n) is 9.40. The fourth-order valence-corrected chi connectivity index (χ4v) is 5.37. The van der Waals surface area contributed by atoms with E-state index in [1.165, 1.54) is 23.1 Å². The zero-order valence-corrected chi connectivity index (χ0v) is 24.6. The first-order chi connectivity index (χ1) is 18.5. The van der Waals surface area contributed by atoms with Crippen molar-refractivity contribution in [2.75, 3.05) is 17.1 Å². The quantitative estimate of drug-likeness (QED) is 0.313. The molecule has 0 fully saturated rings. The van der Waals surface area contributed by atoms with Crippen molar-refractivity contribution in [3.8, 4) is 0 Å². The van der Waals surface area contributed by atoms with E-state index in [0.717, 1.165) is 32.2 Å². The van der Waals surface area contributed by atoms with Crippen LogP contribution in [0.4, 0.5) is 10.1 Å². The molecule has 3 rings (SSSR count). The largest absolute Gasteiger partial charge is 0.352 e. The van der Waals surface area contributed by atoms with E-state index < -0.39 is 34.3 Å². The summed E-state index contributed by atoms with van der Waals surface area (Å²) in [6, 6.07) is 20.9. The van der Waals surface area contributed by atoms with Crippen LogP contribution in [-0.2, 0) is 32.6 Å². The number of hydrogen-bond acceptors (Lipinski definition) is 4. The Morgan fingerprint density at radius 1 is 0.974 bits per heavy atom. The molecule has 0 radical (unpaired) electrons. The molecule has 39 heavy (non-hydrogen) atoms. The SMILES string of the molecule is CC[C@H](C)NC(=O)[C@H](Cc1ccccc1)N(Cc1cccc(Br)c1)C(=O)CN(c1ccccc1F)S(C)(=O)=O. The van der Waals surface area contributed by atoms with Crippen LogP contribution in [0.2, 0.25) is 0 Å². The third-order valence-electron chi connectivity index (χ3n) is 6.31. The summed E-state index contributed by atoms with van der Waals surface area (Å²) in [4.78, 5) is 29.0. The molecule has 7 nitrogen and oxygen atoms in total. The van der Waals surface area contributed by atoms with Crippen LogP contribution in [-0.4, -0.2) is 50.0 Å². The van der Waals surface area contributed by atoms with Gasteiger partial charge in [-0.15, -0.1) is 0 Å². The smallest absolute Gasteiger partial charge is 0.244 e. The van der Waals surface area contributed by atoms with Crippen molar-refractivity contribution in [1.29, 1.82) is 0 Å². The van der Waals surface area contributed by atoms with Gasteiger partial charge in [0.05, 0.1) is 11.9 Å². The molecule has 0 bridgehead atoms. The minimum absolute atomic E-state index is 0.0403. The predicted molar refractivity (Wildman–Crippen MR) is 155 cm³/mol. The van der Waals surface area contributed by atoms with Crippen LogP contribution < -0.4 is 9.62 Å². The average molecular weight is 619 g/mol. The zero-order chi connectivity index (χ0) is 28.6. The molecule has 10 heteroatoms. The summed E-state index contributed by atoms with van der Waals surface area (Å²) in [7, 11) is -4.04. The second-order valence-corrected chi connectivity index (χ2v) is 12.2. The number of anilines is 1. The predicted octanol–water partition coefficient (Wildman–Crippen LogP) is 4.91. The molecule has 3 aromatic rings. The number of nitrogens with zero attached hydrogens (tertiary/aromatic N) is 2. The van der Waals surface area contributed by atoms with Gasteiger partial charge in [-0.2, -0.15) is 0 Å². The highest BCUT2D eigenvalue weighted by atomic mass is 79.9. The van der Waals surface area contributed by atoms with E-state index in [0.29, 0.717) is 6.42 Å². The van der Waals surface area contributed by atoms with E-state index in [-0.39, 0.29) is 30.6 Å². The topological polar surface area (TPSA) is 86.8 Å². The Labute approximate surface area is 238 Å². The van der Waals surface area contributed by atoms with Gasteiger partial charge in [0.1, 0.15) is 18.4 Å². The van der Waals surface area contributed by atoms with Crippen LogP contribution >= 0.6 is 15.9 Å². The number of sulfonamides is 1. The van der Waals surface area contributed by atoms with E-state index in [9.17, 15) is 22.4 Å². The number of rotatable bonds is 12. The van der Waals surface area contributed by atoms with E-state index >= 15 is 0 Å². The number of nitrogens with one attached hydrogen (secondary N) is 1. The van der Waals surface area contributed by atoms with Gasteiger partial charge in [0.25, 0.3) is 0 Å². The lowest BCUT2D eigenvalue weighted by molar-refractivity contribution is -0.140. The maximum atomic E-state index is 14.7. The Balaban J connectivity index is 2.07. The minimum atomic E-state index is -4.04. The van der Waals surface area contributed by atoms with Crippen LogP contribution in [0.1, 0.15) is 31.4 Å². The minimum Gasteiger partial charge on any atom is -0.352 e. The standard InChI is InChI=1S/C29H33BrFN3O4S/c1-4-21(2)32-29(36)27(18-22-11-6-5-7-12-22)33(19-23-13-10-14-24(30)17-23)28(35)20-34(39(3,37)38)26-16-9-8-15-25(26)31/h5-17,21,27H,4,18-20H2,1-3H3,(H,32,36)/t21-,27-/m0/s1. The van der Waals surface area contributed by atoms with Gasteiger partial charge in [0, 0.05) is 23.5 Å². The highest BCUT2D eigenvalue weighted by Gasteiger charge is 2.34. The third kappa shape index (κ3) is 8.63. The molecule has 2 amide bonds. The number of carbonyl (C=O) groups excluding carboxylic acids is 2. The summed E-state index contributed by atoms with van der Waals surface area (Å²) in [5.74, 6) is -1.76. The second kappa shape index (κ2) is 13.7. The molecule has 0 spiro atoms. The van der Waals surface area contributed by atoms with Gasteiger partial charge in [0.2, 0.25) is 21.8 Å². The first kappa shape index (κ1) is 30.3. The first-order valence-electron chi connectivity index (χ1n) is 12.6. The molecule has 208 valence electrons. The number of carbonyl (C=O) groups is 2. The molecule has 0 saturated carbocycles. The van der Waals surface area contributed by atoms with Crippen molar-refractivity contribution < 1.29 is 22.4 Å². The van der Waals surface area contributed by atoms with Crippen molar-refractivity contribution in [3.05, 3.63) is 100 Å². The molecular weight excluding hydrogens is 585 g/mol. The van der Waals surface area contributed by atoms with Gasteiger partial charge in [0.15, 0.2) is 0 Å².